The fraction of sp³-hybridized carbons (Fsp3) is 0.353. The highest BCUT2D eigenvalue weighted by Crippen LogP contribution is 2.35. The number of aromatic nitrogens is 2. The normalized spacial score (nSPS) is 16.2. The van der Waals surface area contributed by atoms with Crippen molar-refractivity contribution in [3.05, 3.63) is 56.9 Å². The topological polar surface area (TPSA) is 82.3 Å². The Hall–Kier alpha value is -2.83. The number of rotatable bonds is 3. The maximum atomic E-state index is 12.4. The summed E-state index contributed by atoms with van der Waals surface area (Å²) in [6.07, 6.45) is 2.35. The summed E-state index contributed by atoms with van der Waals surface area (Å²) in [5, 5.41) is 2.62. The lowest BCUT2D eigenvalue weighted by Crippen LogP contribution is -2.38. The zero-order chi connectivity index (χ0) is 17.3. The van der Waals surface area contributed by atoms with Gasteiger partial charge in [0.2, 0.25) is 5.91 Å². The molecule has 1 atom stereocenters. The van der Waals surface area contributed by atoms with Crippen LogP contribution in [0.4, 0.5) is 5.69 Å². The average molecular weight is 329 g/mol. The number of carbonyl (C=O) groups excluding carboxylic acids is 1. The predicted molar refractivity (Wildman–Crippen MR) is 89.5 cm³/mol. The van der Waals surface area contributed by atoms with Gasteiger partial charge in [-0.15, -0.1) is 0 Å². The molecular weight excluding hydrogens is 310 g/mol. The largest absolute Gasteiger partial charge is 0.493 e. The monoisotopic (exact) mass is 329 g/mol. The average Bonchev–Trinajstić information content (AvgIpc) is 2.58. The number of para-hydroxylation sites is 1. The minimum Gasteiger partial charge on any atom is -0.493 e. The molecule has 1 aliphatic rings. The number of aryl methyl sites for hydroxylation is 1. The molecule has 1 aromatic carbocycles. The molecule has 1 N–H and O–H groups in total. The number of hydrogen-bond acceptors (Lipinski definition) is 4. The number of anilines is 1. The summed E-state index contributed by atoms with van der Waals surface area (Å²) in [6, 6.07) is 7.66. The first kappa shape index (κ1) is 16.0. The molecule has 3 rings (SSSR count). The quantitative estimate of drug-likeness (QED) is 0.910. The highest BCUT2D eigenvalue weighted by molar-refractivity contribution is 5.91. The highest BCUT2D eigenvalue weighted by Gasteiger charge is 2.24. The van der Waals surface area contributed by atoms with Gasteiger partial charge in [0.15, 0.2) is 0 Å². The van der Waals surface area contributed by atoms with Gasteiger partial charge in [0.05, 0.1) is 6.61 Å². The highest BCUT2D eigenvalue weighted by atomic mass is 16.5. The zero-order valence-corrected chi connectivity index (χ0v) is 13.6. The summed E-state index contributed by atoms with van der Waals surface area (Å²) in [5.41, 5.74) is 0.160. The molecule has 2 aromatic rings. The summed E-state index contributed by atoms with van der Waals surface area (Å²) >= 11 is 0. The molecule has 0 fully saturated rings. The number of ether oxygens (including phenoxy) is 1. The Morgan fingerprint density at radius 3 is 2.83 bits per heavy atom. The van der Waals surface area contributed by atoms with Gasteiger partial charge in [-0.25, -0.2) is 4.79 Å². The number of nitrogens with one attached hydrogen (secondary N) is 1. The van der Waals surface area contributed by atoms with E-state index in [0.29, 0.717) is 6.61 Å². The summed E-state index contributed by atoms with van der Waals surface area (Å²) in [6.45, 7) is 0.566. The minimum atomic E-state index is -0.515. The minimum absolute atomic E-state index is 0.0475. The third-order valence-corrected chi connectivity index (χ3v) is 4.24. The molecule has 1 unspecified atom stereocenters. The third-order valence-electron chi connectivity index (χ3n) is 4.24. The molecule has 1 amide bonds. The molecule has 24 heavy (non-hydrogen) atoms. The first-order valence-electron chi connectivity index (χ1n) is 7.75. The number of nitrogens with zero attached hydrogens (tertiary/aromatic N) is 2. The van der Waals surface area contributed by atoms with E-state index in [1.54, 1.807) is 0 Å². The van der Waals surface area contributed by atoms with E-state index in [9.17, 15) is 14.4 Å². The van der Waals surface area contributed by atoms with Crippen molar-refractivity contribution in [2.24, 2.45) is 14.1 Å². The Morgan fingerprint density at radius 1 is 1.29 bits per heavy atom. The van der Waals surface area contributed by atoms with Crippen molar-refractivity contribution >= 4 is 11.6 Å². The van der Waals surface area contributed by atoms with Gasteiger partial charge in [-0.2, -0.15) is 0 Å². The van der Waals surface area contributed by atoms with Crippen molar-refractivity contribution in [2.75, 3.05) is 11.9 Å². The van der Waals surface area contributed by atoms with Crippen LogP contribution in [0.3, 0.4) is 0 Å². The predicted octanol–water partition coefficient (Wildman–Crippen LogP) is 0.979. The van der Waals surface area contributed by atoms with Gasteiger partial charge in [-0.1, -0.05) is 18.2 Å². The maximum Gasteiger partial charge on any atom is 0.330 e. The van der Waals surface area contributed by atoms with Crippen LogP contribution < -0.4 is 21.3 Å². The molecular formula is C17H19N3O4. The van der Waals surface area contributed by atoms with Crippen LogP contribution in [0.1, 0.15) is 24.3 Å². The van der Waals surface area contributed by atoms with Crippen LogP contribution in [0.25, 0.3) is 0 Å². The van der Waals surface area contributed by atoms with Gasteiger partial charge < -0.3 is 14.6 Å². The van der Waals surface area contributed by atoms with E-state index >= 15 is 0 Å². The summed E-state index contributed by atoms with van der Waals surface area (Å²) in [7, 11) is 2.92. The second-order valence-corrected chi connectivity index (χ2v) is 5.92. The third kappa shape index (κ3) is 2.97. The van der Waals surface area contributed by atoms with Gasteiger partial charge in [0.25, 0.3) is 5.56 Å². The summed E-state index contributed by atoms with van der Waals surface area (Å²) in [4.78, 5) is 36.1. The standard InChI is InChI=1S/C17H19N3O4/c1-19-10-13(16(22)20(2)17(19)23)18-15(21)9-11-7-8-24-14-6-4-3-5-12(11)14/h3-6,10-11H,7-9H2,1-2H3,(H,18,21). The van der Waals surface area contributed by atoms with Crippen molar-refractivity contribution in [2.45, 2.75) is 18.8 Å². The Bertz CT molecular complexity index is 897. The fourth-order valence-corrected chi connectivity index (χ4v) is 2.95. The van der Waals surface area contributed by atoms with E-state index < -0.39 is 11.2 Å². The SMILES string of the molecule is Cn1cc(NC(=O)CC2CCOc3ccccc32)c(=O)n(C)c1=O. The first-order valence-corrected chi connectivity index (χ1v) is 7.75. The molecule has 0 bridgehead atoms. The van der Waals surface area contributed by atoms with Crippen LogP contribution in [-0.4, -0.2) is 21.6 Å². The number of benzene rings is 1. The van der Waals surface area contributed by atoms with Crippen LogP contribution in [0.2, 0.25) is 0 Å². The summed E-state index contributed by atoms with van der Waals surface area (Å²) < 4.78 is 7.83. The van der Waals surface area contributed by atoms with E-state index in [-0.39, 0.29) is 23.9 Å². The molecule has 0 saturated carbocycles. The Morgan fingerprint density at radius 2 is 2.04 bits per heavy atom. The van der Waals surface area contributed by atoms with E-state index in [2.05, 4.69) is 5.32 Å². The van der Waals surface area contributed by atoms with Crippen LogP contribution in [0, 0.1) is 0 Å². The number of fused-ring (bicyclic) bond motifs is 1. The zero-order valence-electron chi connectivity index (χ0n) is 13.6. The summed E-state index contributed by atoms with van der Waals surface area (Å²) in [5.74, 6) is 0.596. The Kier molecular flexibility index (Phi) is 4.24. The van der Waals surface area contributed by atoms with Gasteiger partial charge in [-0.05, 0) is 24.0 Å². The van der Waals surface area contributed by atoms with Crippen molar-refractivity contribution in [3.8, 4) is 5.75 Å². The molecule has 126 valence electrons. The van der Waals surface area contributed by atoms with Gasteiger partial charge >= 0.3 is 5.69 Å². The molecule has 1 aromatic heterocycles. The van der Waals surface area contributed by atoms with Crippen molar-refractivity contribution in [1.82, 2.24) is 9.13 Å². The Labute approximate surface area is 138 Å². The van der Waals surface area contributed by atoms with E-state index in [1.807, 2.05) is 24.3 Å². The van der Waals surface area contributed by atoms with Crippen molar-refractivity contribution in [3.63, 3.8) is 0 Å². The molecule has 0 radical (unpaired) electrons. The van der Waals surface area contributed by atoms with Gasteiger partial charge in [0, 0.05) is 26.7 Å². The molecule has 7 nitrogen and oxygen atoms in total. The smallest absolute Gasteiger partial charge is 0.330 e. The van der Waals surface area contributed by atoms with E-state index in [4.69, 9.17) is 4.74 Å². The van der Waals surface area contributed by atoms with E-state index in [1.165, 1.54) is 24.9 Å². The molecule has 1 aliphatic heterocycles. The maximum absolute atomic E-state index is 12.4. The lowest BCUT2D eigenvalue weighted by Gasteiger charge is -2.25. The molecule has 0 aliphatic carbocycles. The van der Waals surface area contributed by atoms with E-state index in [0.717, 1.165) is 22.3 Å². The van der Waals surface area contributed by atoms with Crippen LogP contribution >= 0.6 is 0 Å². The number of hydrogen-bond donors (Lipinski definition) is 1. The van der Waals surface area contributed by atoms with Gasteiger partial charge in [0.1, 0.15) is 11.4 Å². The first-order chi connectivity index (χ1) is 11.5. The van der Waals surface area contributed by atoms with Crippen LogP contribution in [-0.2, 0) is 18.9 Å². The van der Waals surface area contributed by atoms with Crippen LogP contribution in [0.15, 0.2) is 40.1 Å². The lowest BCUT2D eigenvalue weighted by molar-refractivity contribution is -0.116. The fourth-order valence-electron chi connectivity index (χ4n) is 2.95. The van der Waals surface area contributed by atoms with Crippen molar-refractivity contribution in [1.29, 1.82) is 0 Å². The Balaban J connectivity index is 1.78. The molecule has 2 heterocycles. The van der Waals surface area contributed by atoms with Gasteiger partial charge in [-0.3, -0.25) is 14.2 Å². The van der Waals surface area contributed by atoms with Crippen molar-refractivity contribution < 1.29 is 9.53 Å². The molecule has 0 spiro atoms. The number of carbonyl (C=O) groups is 1. The number of amides is 1. The molecule has 0 saturated heterocycles. The second-order valence-electron chi connectivity index (χ2n) is 5.92. The second kappa shape index (κ2) is 6.35. The lowest BCUT2D eigenvalue weighted by atomic mass is 9.90. The van der Waals surface area contributed by atoms with Crippen LogP contribution in [0.5, 0.6) is 5.75 Å². The molecule has 7 heteroatoms.